The van der Waals surface area contributed by atoms with E-state index in [-0.39, 0.29) is 10.6 Å². The lowest BCUT2D eigenvalue weighted by atomic mass is 10.2. The summed E-state index contributed by atoms with van der Waals surface area (Å²) in [6, 6.07) is 12.4. The minimum Gasteiger partial charge on any atom is -0.455 e. The average molecular weight is 374 g/mol. The molecule has 18 heavy (non-hydrogen) atoms. The van der Waals surface area contributed by atoms with Crippen LogP contribution in [0.1, 0.15) is 10.4 Å². The monoisotopic (exact) mass is 373 g/mol. The zero-order valence-electron chi connectivity index (χ0n) is 9.19. The van der Waals surface area contributed by atoms with Gasteiger partial charge in [0.25, 0.3) is 5.91 Å². The number of amides is 1. The minimum atomic E-state index is -0.610. The standard InChI is InChI=1S/C13H9ClINO2/c14-8-4-3-7-11(12(8)13(16)17)18-10-6-2-1-5-9(10)15/h1-7H,(H2,16,17). The molecule has 2 rings (SSSR count). The van der Waals surface area contributed by atoms with Gasteiger partial charge in [-0.25, -0.2) is 0 Å². The molecule has 92 valence electrons. The van der Waals surface area contributed by atoms with Crippen LogP contribution in [0, 0.1) is 3.57 Å². The smallest absolute Gasteiger partial charge is 0.254 e. The number of benzene rings is 2. The lowest BCUT2D eigenvalue weighted by Gasteiger charge is -2.11. The Morgan fingerprint density at radius 3 is 2.44 bits per heavy atom. The first kappa shape index (κ1) is 13.2. The molecule has 0 aliphatic rings. The molecule has 0 unspecified atom stereocenters. The quantitative estimate of drug-likeness (QED) is 0.831. The maximum Gasteiger partial charge on any atom is 0.254 e. The molecule has 0 radical (unpaired) electrons. The molecule has 0 saturated carbocycles. The van der Waals surface area contributed by atoms with Gasteiger partial charge in [-0.05, 0) is 46.9 Å². The largest absolute Gasteiger partial charge is 0.455 e. The fraction of sp³-hybridized carbons (Fsp3) is 0. The number of carbonyl (C=O) groups is 1. The highest BCUT2D eigenvalue weighted by Crippen LogP contribution is 2.32. The molecule has 0 aromatic heterocycles. The second kappa shape index (κ2) is 5.58. The van der Waals surface area contributed by atoms with Crippen molar-refractivity contribution < 1.29 is 9.53 Å². The van der Waals surface area contributed by atoms with Crippen LogP contribution in [0.3, 0.4) is 0 Å². The van der Waals surface area contributed by atoms with Crippen LogP contribution in [0.25, 0.3) is 0 Å². The number of halogens is 2. The summed E-state index contributed by atoms with van der Waals surface area (Å²) in [5.74, 6) is 0.406. The molecular formula is C13H9ClINO2. The van der Waals surface area contributed by atoms with E-state index in [9.17, 15) is 4.79 Å². The van der Waals surface area contributed by atoms with Gasteiger partial charge >= 0.3 is 0 Å². The van der Waals surface area contributed by atoms with Gasteiger partial charge in [-0.3, -0.25) is 4.79 Å². The molecule has 0 aliphatic carbocycles. The SMILES string of the molecule is NC(=O)c1c(Cl)cccc1Oc1ccccc1I. The number of para-hydroxylation sites is 1. The number of hydrogen-bond acceptors (Lipinski definition) is 2. The lowest BCUT2D eigenvalue weighted by Crippen LogP contribution is -2.13. The fourth-order valence-corrected chi connectivity index (χ4v) is 2.23. The predicted octanol–water partition coefficient (Wildman–Crippen LogP) is 3.84. The van der Waals surface area contributed by atoms with Gasteiger partial charge in [-0.1, -0.05) is 29.8 Å². The number of primary amides is 1. The summed E-state index contributed by atoms with van der Waals surface area (Å²) >= 11 is 8.10. The van der Waals surface area contributed by atoms with Gasteiger partial charge in [0.2, 0.25) is 0 Å². The van der Waals surface area contributed by atoms with Crippen molar-refractivity contribution in [2.45, 2.75) is 0 Å². The Balaban J connectivity index is 2.44. The molecule has 2 N–H and O–H groups in total. The first-order valence-corrected chi connectivity index (χ1v) is 6.56. The molecular weight excluding hydrogens is 365 g/mol. The van der Waals surface area contributed by atoms with Gasteiger partial charge in [-0.2, -0.15) is 0 Å². The van der Waals surface area contributed by atoms with Crippen LogP contribution in [0.15, 0.2) is 42.5 Å². The van der Waals surface area contributed by atoms with Crippen LogP contribution < -0.4 is 10.5 Å². The Morgan fingerprint density at radius 1 is 1.11 bits per heavy atom. The highest BCUT2D eigenvalue weighted by Gasteiger charge is 2.15. The number of hydrogen-bond donors (Lipinski definition) is 1. The second-order valence-corrected chi connectivity index (χ2v) is 5.08. The van der Waals surface area contributed by atoms with Gasteiger partial charge in [-0.15, -0.1) is 0 Å². The third kappa shape index (κ3) is 2.76. The van der Waals surface area contributed by atoms with E-state index in [0.29, 0.717) is 11.5 Å². The van der Waals surface area contributed by atoms with E-state index in [0.717, 1.165) is 3.57 Å². The van der Waals surface area contributed by atoms with Crippen LogP contribution in [0.5, 0.6) is 11.5 Å². The third-order valence-electron chi connectivity index (χ3n) is 2.28. The molecule has 0 atom stereocenters. The molecule has 0 aliphatic heterocycles. The average Bonchev–Trinajstić information content (AvgIpc) is 2.31. The van der Waals surface area contributed by atoms with Crippen LogP contribution in [0.2, 0.25) is 5.02 Å². The summed E-state index contributed by atoms with van der Waals surface area (Å²) in [6.45, 7) is 0. The lowest BCUT2D eigenvalue weighted by molar-refractivity contribution is 0.0998. The molecule has 0 heterocycles. The van der Waals surface area contributed by atoms with E-state index < -0.39 is 5.91 Å². The van der Waals surface area contributed by atoms with Crippen molar-refractivity contribution in [3.63, 3.8) is 0 Å². The van der Waals surface area contributed by atoms with E-state index in [2.05, 4.69) is 22.6 Å². The number of nitrogens with two attached hydrogens (primary N) is 1. The van der Waals surface area contributed by atoms with Crippen LogP contribution in [-0.2, 0) is 0 Å². The van der Waals surface area contributed by atoms with Crippen molar-refractivity contribution in [3.05, 3.63) is 56.6 Å². The molecule has 2 aromatic rings. The molecule has 0 bridgehead atoms. The van der Waals surface area contributed by atoms with Crippen molar-refractivity contribution in [1.82, 2.24) is 0 Å². The highest BCUT2D eigenvalue weighted by molar-refractivity contribution is 14.1. The van der Waals surface area contributed by atoms with Crippen LogP contribution in [-0.4, -0.2) is 5.91 Å². The fourth-order valence-electron chi connectivity index (χ4n) is 1.47. The first-order valence-electron chi connectivity index (χ1n) is 5.10. The van der Waals surface area contributed by atoms with E-state index in [4.69, 9.17) is 22.1 Å². The summed E-state index contributed by atoms with van der Waals surface area (Å²) in [5.41, 5.74) is 5.50. The number of rotatable bonds is 3. The maximum absolute atomic E-state index is 11.4. The van der Waals surface area contributed by atoms with Gasteiger partial charge in [0, 0.05) is 0 Å². The highest BCUT2D eigenvalue weighted by atomic mass is 127. The van der Waals surface area contributed by atoms with Gasteiger partial charge in [0.15, 0.2) is 0 Å². The summed E-state index contributed by atoms with van der Waals surface area (Å²) in [4.78, 5) is 11.4. The van der Waals surface area contributed by atoms with Crippen molar-refractivity contribution in [3.8, 4) is 11.5 Å². The Kier molecular flexibility index (Phi) is 4.08. The zero-order chi connectivity index (χ0) is 13.1. The van der Waals surface area contributed by atoms with E-state index in [1.165, 1.54) is 0 Å². The first-order chi connectivity index (χ1) is 8.59. The van der Waals surface area contributed by atoms with E-state index in [1.807, 2.05) is 24.3 Å². The Hall–Kier alpha value is -1.27. The summed E-state index contributed by atoms with van der Waals surface area (Å²) in [5, 5.41) is 0.283. The Bertz CT molecular complexity index is 601. The van der Waals surface area contributed by atoms with Crippen molar-refractivity contribution in [1.29, 1.82) is 0 Å². The third-order valence-corrected chi connectivity index (χ3v) is 3.48. The van der Waals surface area contributed by atoms with Gasteiger partial charge < -0.3 is 10.5 Å². The summed E-state index contributed by atoms with van der Waals surface area (Å²) in [6.07, 6.45) is 0. The predicted molar refractivity (Wildman–Crippen MR) is 79.2 cm³/mol. The zero-order valence-corrected chi connectivity index (χ0v) is 12.1. The number of carbonyl (C=O) groups excluding carboxylic acids is 1. The topological polar surface area (TPSA) is 52.3 Å². The normalized spacial score (nSPS) is 10.1. The van der Waals surface area contributed by atoms with E-state index in [1.54, 1.807) is 18.2 Å². The van der Waals surface area contributed by atoms with Crippen molar-refractivity contribution in [2.75, 3.05) is 0 Å². The molecule has 3 nitrogen and oxygen atoms in total. The summed E-state index contributed by atoms with van der Waals surface area (Å²) in [7, 11) is 0. The number of ether oxygens (including phenoxy) is 1. The van der Waals surface area contributed by atoms with Crippen LogP contribution >= 0.6 is 34.2 Å². The minimum absolute atomic E-state index is 0.193. The maximum atomic E-state index is 11.4. The molecule has 1 amide bonds. The van der Waals surface area contributed by atoms with Crippen molar-refractivity contribution in [2.24, 2.45) is 5.73 Å². The van der Waals surface area contributed by atoms with E-state index >= 15 is 0 Å². The van der Waals surface area contributed by atoms with Crippen molar-refractivity contribution >= 4 is 40.1 Å². The van der Waals surface area contributed by atoms with Gasteiger partial charge in [0.05, 0.1) is 8.59 Å². The Labute approximate surface area is 123 Å². The molecule has 0 fully saturated rings. The summed E-state index contributed by atoms with van der Waals surface area (Å²) < 4.78 is 6.63. The molecule has 0 saturated heterocycles. The molecule has 5 heteroatoms. The van der Waals surface area contributed by atoms with Gasteiger partial charge in [0.1, 0.15) is 17.1 Å². The van der Waals surface area contributed by atoms with Crippen LogP contribution in [0.4, 0.5) is 0 Å². The Morgan fingerprint density at radius 2 is 1.78 bits per heavy atom. The molecule has 0 spiro atoms. The second-order valence-electron chi connectivity index (χ2n) is 3.51. The molecule has 2 aromatic carbocycles.